The average molecular weight is 887 g/mol. The molecule has 0 amide bonds. The Labute approximate surface area is 404 Å². The second-order valence-electron chi connectivity index (χ2n) is 20.8. The molecule has 0 saturated carbocycles. The van der Waals surface area contributed by atoms with E-state index in [0.29, 0.717) is 11.6 Å². The highest BCUT2D eigenvalue weighted by Crippen LogP contribution is 2.53. The van der Waals surface area contributed by atoms with E-state index in [1.165, 1.54) is 89.0 Å². The minimum absolute atomic E-state index is 0.0973. The summed E-state index contributed by atoms with van der Waals surface area (Å²) >= 11 is 0. The maximum absolute atomic E-state index is 4.72. The molecule has 0 N–H and O–H groups in total. The van der Waals surface area contributed by atoms with E-state index in [4.69, 9.17) is 19.9 Å². The Morgan fingerprint density at radius 3 is 0.812 bits per heavy atom. The molecule has 0 spiro atoms. The summed E-state index contributed by atoms with van der Waals surface area (Å²) in [5.74, 6) is 1.43. The monoisotopic (exact) mass is 886 g/mol. The molecule has 69 heavy (non-hydrogen) atoms. The van der Waals surface area contributed by atoms with E-state index in [0.717, 1.165) is 33.4 Å². The van der Waals surface area contributed by atoms with Gasteiger partial charge in [0.1, 0.15) is 0 Å². The minimum Gasteiger partial charge on any atom is -0.237 e. The Kier molecular flexibility index (Phi) is 8.92. The zero-order valence-electron chi connectivity index (χ0n) is 39.8. The molecular weight excluding hydrogens is 837 g/mol. The fourth-order valence-electron chi connectivity index (χ4n) is 11.9. The van der Waals surface area contributed by atoms with Gasteiger partial charge in [-0.3, -0.25) is 0 Å². The van der Waals surface area contributed by atoms with E-state index in [-0.39, 0.29) is 16.2 Å². The molecule has 0 bridgehead atoms. The van der Waals surface area contributed by atoms with Gasteiger partial charge in [0.05, 0.1) is 0 Å². The van der Waals surface area contributed by atoms with E-state index in [1.807, 2.05) is 36.9 Å². The van der Waals surface area contributed by atoms with Crippen molar-refractivity contribution in [1.29, 1.82) is 0 Å². The lowest BCUT2D eigenvalue weighted by molar-refractivity contribution is 0.660. The highest BCUT2D eigenvalue weighted by molar-refractivity contribution is 5.91. The van der Waals surface area contributed by atoms with Crippen LogP contribution >= 0.6 is 0 Å². The van der Waals surface area contributed by atoms with Crippen LogP contribution in [0.15, 0.2) is 195 Å². The minimum atomic E-state index is -0.260. The average Bonchev–Trinajstić information content (AvgIpc) is 3.87. The molecule has 4 nitrogen and oxygen atoms in total. The lowest BCUT2D eigenvalue weighted by atomic mass is 9.80. The quantitative estimate of drug-likeness (QED) is 0.167. The van der Waals surface area contributed by atoms with Gasteiger partial charge in [0.2, 0.25) is 0 Å². The summed E-state index contributed by atoms with van der Waals surface area (Å²) in [6.45, 7) is 14.1. The SMILES string of the molecule is CC1(C)c2ccccc2-c2ccc(-c3cc(-c4ccc5c(c4)C(C)(C)c4cc(-c6cc(-c7ccc8c(c7)C(C)(C)c7ccccc7-8)cc(-c7ncccn7)c6)ccc4-5)cc(-c4ncccn4)c3)cc21. The summed E-state index contributed by atoms with van der Waals surface area (Å²) < 4.78 is 0. The van der Waals surface area contributed by atoms with Crippen LogP contribution in [0.3, 0.4) is 0 Å². The molecule has 330 valence electrons. The summed E-state index contributed by atoms with van der Waals surface area (Å²) in [4.78, 5) is 18.9. The Hall–Kier alpha value is -8.08. The normalized spacial score (nSPS) is 14.9. The van der Waals surface area contributed by atoms with Crippen molar-refractivity contribution in [1.82, 2.24) is 19.9 Å². The van der Waals surface area contributed by atoms with Gasteiger partial charge in [-0.2, -0.15) is 0 Å². The molecule has 3 aliphatic carbocycles. The number of hydrogen-bond donors (Lipinski definition) is 0. The number of aromatic nitrogens is 4. The molecule has 0 radical (unpaired) electrons. The van der Waals surface area contributed by atoms with Gasteiger partial charge in [-0.15, -0.1) is 0 Å². The fourth-order valence-corrected chi connectivity index (χ4v) is 11.9. The lowest BCUT2D eigenvalue weighted by Gasteiger charge is -2.23. The Morgan fingerprint density at radius 1 is 0.232 bits per heavy atom. The molecule has 0 atom stereocenters. The van der Waals surface area contributed by atoms with E-state index in [9.17, 15) is 0 Å². The van der Waals surface area contributed by atoms with Crippen molar-refractivity contribution >= 4 is 0 Å². The van der Waals surface area contributed by atoms with Crippen LogP contribution in [0.25, 0.3) is 101 Å². The summed E-state index contributed by atoms with van der Waals surface area (Å²) in [6, 6.07) is 63.2. The highest BCUT2D eigenvalue weighted by Gasteiger charge is 2.38. The third kappa shape index (κ3) is 6.35. The molecule has 0 aliphatic heterocycles. The highest BCUT2D eigenvalue weighted by atomic mass is 14.9. The zero-order chi connectivity index (χ0) is 46.8. The van der Waals surface area contributed by atoms with Crippen LogP contribution in [0.4, 0.5) is 0 Å². The largest absolute Gasteiger partial charge is 0.237 e. The topological polar surface area (TPSA) is 51.6 Å². The standard InChI is InChI=1S/C65H50N4/c1-63(2)55-15-9-7-13-49(55)51-21-17-39(35-57(51)63)43-29-45(33-47(31-43)61-66-25-11-26-67-61)41-19-23-53-54-24-20-42(38-60(54)65(5,6)59(53)37-41)46-30-44(32-48(34-46)62-68-27-12-28-69-62)40-18-22-52-50-14-8-10-16-56(50)64(3,4)58(52)36-40/h7-38H,1-6H3. The van der Waals surface area contributed by atoms with Gasteiger partial charge in [-0.05, 0) is 184 Å². The van der Waals surface area contributed by atoms with E-state index >= 15 is 0 Å². The zero-order valence-corrected chi connectivity index (χ0v) is 39.8. The molecule has 0 fully saturated rings. The number of rotatable bonds is 6. The first kappa shape index (κ1) is 41.1. The fraction of sp³-hybridized carbons (Fsp3) is 0.138. The molecule has 3 aliphatic rings. The van der Waals surface area contributed by atoms with Gasteiger partial charge in [-0.25, -0.2) is 19.9 Å². The summed E-state index contributed by atoms with van der Waals surface area (Å²) in [5.41, 5.74) is 26.8. The van der Waals surface area contributed by atoms with Crippen molar-refractivity contribution in [2.24, 2.45) is 0 Å². The second kappa shape index (κ2) is 15.0. The Bertz CT molecular complexity index is 3500. The van der Waals surface area contributed by atoms with Crippen LogP contribution in [0.1, 0.15) is 74.9 Å². The van der Waals surface area contributed by atoms with Crippen molar-refractivity contribution in [3.63, 3.8) is 0 Å². The van der Waals surface area contributed by atoms with Gasteiger partial charge in [0.25, 0.3) is 0 Å². The lowest BCUT2D eigenvalue weighted by Crippen LogP contribution is -2.15. The molecule has 13 rings (SSSR count). The maximum atomic E-state index is 4.72. The molecule has 2 heterocycles. The number of hydrogen-bond acceptors (Lipinski definition) is 4. The van der Waals surface area contributed by atoms with Gasteiger partial charge in [-0.1, -0.05) is 139 Å². The van der Waals surface area contributed by atoms with Crippen LogP contribution in [-0.4, -0.2) is 19.9 Å². The second-order valence-corrected chi connectivity index (χ2v) is 20.8. The molecule has 0 saturated heterocycles. The van der Waals surface area contributed by atoms with Crippen LogP contribution in [0, 0.1) is 0 Å². The van der Waals surface area contributed by atoms with Gasteiger partial charge >= 0.3 is 0 Å². The summed E-state index contributed by atoms with van der Waals surface area (Å²) in [7, 11) is 0. The smallest absolute Gasteiger partial charge is 0.159 e. The van der Waals surface area contributed by atoms with E-state index in [2.05, 4.69) is 199 Å². The van der Waals surface area contributed by atoms with Gasteiger partial charge < -0.3 is 0 Å². The summed E-state index contributed by atoms with van der Waals surface area (Å²) in [5, 5.41) is 0. The Balaban J connectivity index is 0.892. The predicted octanol–water partition coefficient (Wildman–Crippen LogP) is 16.2. The van der Waals surface area contributed by atoms with Crippen LogP contribution in [0.5, 0.6) is 0 Å². The van der Waals surface area contributed by atoms with Crippen LogP contribution in [-0.2, 0) is 16.2 Å². The molecule has 4 heteroatoms. The molecular formula is C65H50N4. The van der Waals surface area contributed by atoms with Crippen molar-refractivity contribution in [2.45, 2.75) is 57.8 Å². The van der Waals surface area contributed by atoms with Crippen LogP contribution < -0.4 is 0 Å². The van der Waals surface area contributed by atoms with Crippen molar-refractivity contribution < 1.29 is 0 Å². The Morgan fingerprint density at radius 2 is 0.493 bits per heavy atom. The van der Waals surface area contributed by atoms with Crippen molar-refractivity contribution in [2.75, 3.05) is 0 Å². The first-order valence-corrected chi connectivity index (χ1v) is 24.1. The molecule has 8 aromatic carbocycles. The van der Waals surface area contributed by atoms with Crippen molar-refractivity contribution in [3.05, 3.63) is 228 Å². The number of benzene rings is 8. The first-order chi connectivity index (χ1) is 33.4. The summed E-state index contributed by atoms with van der Waals surface area (Å²) in [6.07, 6.45) is 7.30. The molecule has 2 aromatic heterocycles. The van der Waals surface area contributed by atoms with Crippen molar-refractivity contribution in [3.8, 4) is 101 Å². The third-order valence-electron chi connectivity index (χ3n) is 15.7. The molecule has 10 aromatic rings. The first-order valence-electron chi connectivity index (χ1n) is 24.1. The molecule has 0 unspecified atom stereocenters. The predicted molar refractivity (Wildman–Crippen MR) is 283 cm³/mol. The van der Waals surface area contributed by atoms with Crippen LogP contribution in [0.2, 0.25) is 0 Å². The maximum Gasteiger partial charge on any atom is 0.159 e. The number of fused-ring (bicyclic) bond motifs is 9. The third-order valence-corrected chi connectivity index (χ3v) is 15.7. The number of nitrogens with zero attached hydrogens (tertiary/aromatic N) is 4. The van der Waals surface area contributed by atoms with E-state index < -0.39 is 0 Å². The van der Waals surface area contributed by atoms with Gasteiger partial charge in [0.15, 0.2) is 11.6 Å². The van der Waals surface area contributed by atoms with E-state index in [1.54, 1.807) is 0 Å². The van der Waals surface area contributed by atoms with Gasteiger partial charge in [0, 0.05) is 52.2 Å².